The van der Waals surface area contributed by atoms with Crippen LogP contribution in [0.4, 0.5) is 0 Å². The molecular weight excluding hydrogens is 336 g/mol. The van der Waals surface area contributed by atoms with Crippen LogP contribution in [0.5, 0.6) is 0 Å². The highest BCUT2D eigenvalue weighted by molar-refractivity contribution is 6.30. The molecule has 1 aliphatic heterocycles. The summed E-state index contributed by atoms with van der Waals surface area (Å²) in [5.41, 5.74) is 3.67. The van der Waals surface area contributed by atoms with E-state index in [1.165, 1.54) is 12.8 Å². The first kappa shape index (κ1) is 16.6. The molecule has 132 valence electrons. The van der Waals surface area contributed by atoms with Crippen LogP contribution in [-0.4, -0.2) is 22.6 Å². The normalized spacial score (nSPS) is 18.8. The molecule has 5 nitrogen and oxygen atoms in total. The Hall–Kier alpha value is -1.85. The van der Waals surface area contributed by atoms with E-state index in [1.54, 1.807) is 0 Å². The minimum atomic E-state index is -0.0990. The van der Waals surface area contributed by atoms with Gasteiger partial charge in [-0.3, -0.25) is 9.89 Å². The van der Waals surface area contributed by atoms with Crippen molar-refractivity contribution in [2.24, 2.45) is 5.92 Å². The topological polar surface area (TPSA) is 69.8 Å². The van der Waals surface area contributed by atoms with Crippen molar-refractivity contribution in [1.82, 2.24) is 20.8 Å². The number of fused-ring (bicyclic) bond motifs is 1. The van der Waals surface area contributed by atoms with Gasteiger partial charge in [0.15, 0.2) is 5.69 Å². The van der Waals surface area contributed by atoms with Gasteiger partial charge in [0.25, 0.3) is 5.91 Å². The van der Waals surface area contributed by atoms with Crippen molar-refractivity contribution in [2.75, 3.05) is 6.54 Å². The van der Waals surface area contributed by atoms with Gasteiger partial charge in [0.05, 0.1) is 6.04 Å². The molecule has 1 atom stereocenters. The fourth-order valence-corrected chi connectivity index (χ4v) is 4.29. The summed E-state index contributed by atoms with van der Waals surface area (Å²) in [5, 5.41) is 14.6. The lowest BCUT2D eigenvalue weighted by Crippen LogP contribution is -2.34. The molecule has 1 aliphatic carbocycles. The van der Waals surface area contributed by atoms with E-state index in [4.69, 9.17) is 11.6 Å². The third-order valence-electron chi connectivity index (χ3n) is 5.39. The molecule has 2 aromatic rings. The summed E-state index contributed by atoms with van der Waals surface area (Å²) in [6.45, 7) is 1.61. The van der Waals surface area contributed by atoms with Gasteiger partial charge in [-0.25, -0.2) is 0 Å². The van der Waals surface area contributed by atoms with Crippen LogP contribution in [-0.2, 0) is 13.0 Å². The van der Waals surface area contributed by atoms with Gasteiger partial charge in [0.1, 0.15) is 0 Å². The average Bonchev–Trinajstić information content (AvgIpc) is 3.29. The van der Waals surface area contributed by atoms with E-state index in [0.29, 0.717) is 23.2 Å². The standard InChI is InChI=1S/C19H23ClN4O/c20-14-7-3-6-13(10-14)17(12-4-1-2-5-12)22-19(25)18-15-11-21-9-8-16(15)23-24-18/h3,6-7,10,12,17,21H,1-2,4-5,8-9,11H2,(H,22,25)(H,23,24). The number of nitrogens with zero attached hydrogens (tertiary/aromatic N) is 1. The largest absolute Gasteiger partial charge is 0.344 e. The van der Waals surface area contributed by atoms with Gasteiger partial charge in [-0.2, -0.15) is 5.10 Å². The Morgan fingerprint density at radius 2 is 2.16 bits per heavy atom. The number of aromatic nitrogens is 2. The van der Waals surface area contributed by atoms with Gasteiger partial charge in [-0.15, -0.1) is 0 Å². The molecule has 3 N–H and O–H groups in total. The zero-order valence-corrected chi connectivity index (χ0v) is 14.9. The van der Waals surface area contributed by atoms with Gasteiger partial charge in [0.2, 0.25) is 0 Å². The van der Waals surface area contributed by atoms with Crippen molar-refractivity contribution in [2.45, 2.75) is 44.7 Å². The molecule has 1 saturated carbocycles. The SMILES string of the molecule is O=C(NC(c1cccc(Cl)c1)C1CCCC1)c1n[nH]c2c1CNCC2. The number of nitrogens with one attached hydrogen (secondary N) is 3. The van der Waals surface area contributed by atoms with Crippen LogP contribution < -0.4 is 10.6 Å². The summed E-state index contributed by atoms with van der Waals surface area (Å²) in [6.07, 6.45) is 5.60. The number of carbonyl (C=O) groups is 1. The highest BCUT2D eigenvalue weighted by Gasteiger charge is 2.30. The monoisotopic (exact) mass is 358 g/mol. The minimum absolute atomic E-state index is 0.0161. The maximum Gasteiger partial charge on any atom is 0.272 e. The van der Waals surface area contributed by atoms with Crippen LogP contribution >= 0.6 is 11.6 Å². The lowest BCUT2D eigenvalue weighted by atomic mass is 9.91. The molecule has 25 heavy (non-hydrogen) atoms. The first-order chi connectivity index (χ1) is 12.2. The van der Waals surface area contributed by atoms with Crippen LogP contribution in [0, 0.1) is 5.92 Å². The van der Waals surface area contributed by atoms with Crippen LogP contribution in [0.3, 0.4) is 0 Å². The van der Waals surface area contributed by atoms with Crippen molar-refractivity contribution >= 4 is 17.5 Å². The highest BCUT2D eigenvalue weighted by atomic mass is 35.5. The van der Waals surface area contributed by atoms with Crippen molar-refractivity contribution in [3.05, 3.63) is 51.8 Å². The van der Waals surface area contributed by atoms with Crippen molar-refractivity contribution in [3.8, 4) is 0 Å². The van der Waals surface area contributed by atoms with Crippen LogP contribution in [0.1, 0.15) is 59.0 Å². The smallest absolute Gasteiger partial charge is 0.272 e. The third-order valence-corrected chi connectivity index (χ3v) is 5.62. The fraction of sp³-hybridized carbons (Fsp3) is 0.474. The van der Waals surface area contributed by atoms with Crippen molar-refractivity contribution in [3.63, 3.8) is 0 Å². The van der Waals surface area contributed by atoms with Crippen molar-refractivity contribution < 1.29 is 4.79 Å². The predicted octanol–water partition coefficient (Wildman–Crippen LogP) is 3.37. The predicted molar refractivity (Wildman–Crippen MR) is 97.6 cm³/mol. The Morgan fingerprint density at radius 1 is 1.32 bits per heavy atom. The lowest BCUT2D eigenvalue weighted by molar-refractivity contribution is 0.0915. The summed E-state index contributed by atoms with van der Waals surface area (Å²) >= 11 is 6.19. The molecule has 0 saturated heterocycles. The van der Waals surface area contributed by atoms with Crippen molar-refractivity contribution in [1.29, 1.82) is 0 Å². The van der Waals surface area contributed by atoms with E-state index < -0.39 is 0 Å². The summed E-state index contributed by atoms with van der Waals surface area (Å²) in [5.74, 6) is 0.355. The Labute approximate surface area is 152 Å². The molecule has 2 aliphatic rings. The maximum absolute atomic E-state index is 12.9. The summed E-state index contributed by atoms with van der Waals surface area (Å²) in [6, 6.07) is 7.82. The average molecular weight is 359 g/mol. The molecule has 0 radical (unpaired) electrons. The number of benzene rings is 1. The number of hydrogen-bond acceptors (Lipinski definition) is 3. The Bertz CT molecular complexity index is 767. The maximum atomic E-state index is 12.9. The first-order valence-electron chi connectivity index (χ1n) is 9.05. The second kappa shape index (κ2) is 7.18. The number of halogens is 1. The van der Waals surface area contributed by atoms with Gasteiger partial charge >= 0.3 is 0 Å². The van der Waals surface area contributed by atoms with E-state index in [2.05, 4.69) is 26.9 Å². The Kier molecular flexibility index (Phi) is 4.77. The molecule has 6 heteroatoms. The summed E-state index contributed by atoms with van der Waals surface area (Å²) in [7, 11) is 0. The van der Waals surface area contributed by atoms with E-state index >= 15 is 0 Å². The van der Waals surface area contributed by atoms with E-state index in [9.17, 15) is 4.79 Å². The molecule has 1 aromatic heterocycles. The first-order valence-corrected chi connectivity index (χ1v) is 9.43. The van der Waals surface area contributed by atoms with E-state index in [-0.39, 0.29) is 11.9 Å². The van der Waals surface area contributed by atoms with Crippen LogP contribution in [0.25, 0.3) is 0 Å². The van der Waals surface area contributed by atoms with Gasteiger partial charge < -0.3 is 10.6 Å². The minimum Gasteiger partial charge on any atom is -0.344 e. The van der Waals surface area contributed by atoms with Gasteiger partial charge in [-0.05, 0) is 36.5 Å². The molecule has 1 fully saturated rings. The molecule has 1 unspecified atom stereocenters. The number of carbonyl (C=O) groups excluding carboxylic acids is 1. The zero-order valence-electron chi connectivity index (χ0n) is 14.1. The number of aromatic amines is 1. The molecule has 1 aromatic carbocycles. The number of rotatable bonds is 4. The lowest BCUT2D eigenvalue weighted by Gasteiger charge is -2.25. The van der Waals surface area contributed by atoms with Gasteiger partial charge in [-0.1, -0.05) is 36.6 Å². The van der Waals surface area contributed by atoms with E-state index in [0.717, 1.165) is 42.6 Å². The Morgan fingerprint density at radius 3 is 2.96 bits per heavy atom. The fourth-order valence-electron chi connectivity index (χ4n) is 4.09. The third kappa shape index (κ3) is 3.44. The molecule has 0 bridgehead atoms. The molecule has 4 rings (SSSR count). The molecule has 0 spiro atoms. The second-order valence-corrected chi connectivity index (χ2v) is 7.44. The highest BCUT2D eigenvalue weighted by Crippen LogP contribution is 2.36. The zero-order chi connectivity index (χ0) is 17.2. The molecule has 2 heterocycles. The summed E-state index contributed by atoms with van der Waals surface area (Å²) < 4.78 is 0. The van der Waals surface area contributed by atoms with Gasteiger partial charge in [0, 0.05) is 35.8 Å². The number of amides is 1. The molecular formula is C19H23ClN4O. The summed E-state index contributed by atoms with van der Waals surface area (Å²) in [4.78, 5) is 12.9. The van der Waals surface area contributed by atoms with E-state index in [1.807, 2.05) is 18.2 Å². The van der Waals surface area contributed by atoms with Crippen LogP contribution in [0.15, 0.2) is 24.3 Å². The number of H-pyrrole nitrogens is 1. The number of hydrogen-bond donors (Lipinski definition) is 3. The molecule has 1 amide bonds. The second-order valence-electron chi connectivity index (χ2n) is 7.01. The van der Waals surface area contributed by atoms with Crippen LogP contribution in [0.2, 0.25) is 5.02 Å². The quantitative estimate of drug-likeness (QED) is 0.784. The Balaban J connectivity index is 1.60.